The van der Waals surface area contributed by atoms with Crippen LogP contribution in [-0.4, -0.2) is 0 Å². The summed E-state index contributed by atoms with van der Waals surface area (Å²) >= 11 is 0. The third kappa shape index (κ3) is 4.02. The lowest BCUT2D eigenvalue weighted by Gasteiger charge is -2.30. The molecule has 0 aliphatic carbocycles. The number of hydrogen-bond acceptors (Lipinski definition) is 2. The fourth-order valence-electron chi connectivity index (χ4n) is 3.18. The Hall–Kier alpha value is -2.06. The van der Waals surface area contributed by atoms with Gasteiger partial charge in [-0.05, 0) is 53.5 Å². The Morgan fingerprint density at radius 1 is 1.09 bits per heavy atom. The van der Waals surface area contributed by atoms with Crippen molar-refractivity contribution in [3.05, 3.63) is 66.9 Å². The summed E-state index contributed by atoms with van der Waals surface area (Å²) in [5.74, 6) is 0. The quantitative estimate of drug-likeness (QED) is 0.613. The summed E-state index contributed by atoms with van der Waals surface area (Å²) in [6.45, 7) is 12.0. The van der Waals surface area contributed by atoms with E-state index in [1.54, 1.807) is 6.08 Å². The molecule has 0 heterocycles. The fourth-order valence-corrected chi connectivity index (χ4v) is 3.18. The molecule has 3 N–H and O–H groups in total. The molecule has 122 valence electrons. The minimum atomic E-state index is -0.230. The highest BCUT2D eigenvalue weighted by Gasteiger charge is 2.25. The van der Waals surface area contributed by atoms with Crippen molar-refractivity contribution in [3.63, 3.8) is 0 Å². The van der Waals surface area contributed by atoms with Crippen LogP contribution in [0.1, 0.15) is 45.1 Å². The number of rotatable bonds is 8. The van der Waals surface area contributed by atoms with E-state index < -0.39 is 0 Å². The summed E-state index contributed by atoms with van der Waals surface area (Å²) in [5, 5.41) is 5.67. The summed E-state index contributed by atoms with van der Waals surface area (Å²) < 4.78 is 0. The van der Waals surface area contributed by atoms with Crippen molar-refractivity contribution >= 4 is 16.5 Å². The van der Waals surface area contributed by atoms with Crippen LogP contribution in [0.3, 0.4) is 0 Å². The van der Waals surface area contributed by atoms with Gasteiger partial charge in [0.2, 0.25) is 0 Å². The van der Waals surface area contributed by atoms with Crippen LogP contribution in [0.5, 0.6) is 0 Å². The molecule has 0 unspecified atom stereocenters. The van der Waals surface area contributed by atoms with Gasteiger partial charge in [0.15, 0.2) is 0 Å². The highest BCUT2D eigenvalue weighted by molar-refractivity contribution is 5.86. The smallest absolute Gasteiger partial charge is 0.0409 e. The lowest BCUT2D eigenvalue weighted by molar-refractivity contribution is 0.370. The van der Waals surface area contributed by atoms with Gasteiger partial charge in [-0.1, -0.05) is 58.0 Å². The molecule has 0 atom stereocenters. The first-order valence-corrected chi connectivity index (χ1v) is 8.44. The number of benzene rings is 2. The monoisotopic (exact) mass is 308 g/mol. The molecule has 2 nitrogen and oxygen atoms in total. The Kier molecular flexibility index (Phi) is 5.62. The van der Waals surface area contributed by atoms with E-state index in [4.69, 9.17) is 5.73 Å². The van der Waals surface area contributed by atoms with Crippen molar-refractivity contribution in [3.8, 4) is 0 Å². The maximum Gasteiger partial charge on any atom is 0.0409 e. The maximum absolute atomic E-state index is 6.73. The molecule has 2 heteroatoms. The third-order valence-electron chi connectivity index (χ3n) is 4.36. The second-order valence-corrected chi connectivity index (χ2v) is 6.29. The van der Waals surface area contributed by atoms with Crippen molar-refractivity contribution in [2.45, 2.75) is 45.1 Å². The van der Waals surface area contributed by atoms with Crippen molar-refractivity contribution < 1.29 is 0 Å². The molecule has 0 radical (unpaired) electrons. The lowest BCUT2D eigenvalue weighted by Crippen LogP contribution is -2.36. The second kappa shape index (κ2) is 7.47. The van der Waals surface area contributed by atoms with E-state index >= 15 is 0 Å². The Morgan fingerprint density at radius 2 is 1.74 bits per heavy atom. The van der Waals surface area contributed by atoms with Crippen molar-refractivity contribution in [1.29, 1.82) is 0 Å². The molecule has 0 saturated carbocycles. The number of nitrogens with two attached hydrogens (primary N) is 1. The van der Waals surface area contributed by atoms with Crippen LogP contribution in [0, 0.1) is 0 Å². The molecule has 0 aliphatic heterocycles. The first kappa shape index (κ1) is 17.3. The largest absolute Gasteiger partial charge is 0.356 e. The van der Waals surface area contributed by atoms with Crippen LogP contribution >= 0.6 is 0 Å². The maximum atomic E-state index is 6.73. The van der Waals surface area contributed by atoms with Crippen molar-refractivity contribution in [2.24, 2.45) is 5.73 Å². The van der Waals surface area contributed by atoms with E-state index in [1.165, 1.54) is 16.3 Å². The number of fused-ring (bicyclic) bond motifs is 1. The van der Waals surface area contributed by atoms with Gasteiger partial charge in [-0.15, -0.1) is 0 Å². The van der Waals surface area contributed by atoms with Crippen LogP contribution in [0.4, 0.5) is 5.69 Å². The van der Waals surface area contributed by atoms with Crippen molar-refractivity contribution in [2.75, 3.05) is 5.32 Å². The molecule has 0 spiro atoms. The van der Waals surface area contributed by atoms with Crippen LogP contribution in [-0.2, 0) is 5.54 Å². The zero-order chi connectivity index (χ0) is 16.9. The van der Waals surface area contributed by atoms with E-state index in [1.807, 2.05) is 0 Å². The molecule has 2 aromatic carbocycles. The summed E-state index contributed by atoms with van der Waals surface area (Å²) in [6, 6.07) is 12.9. The number of hydrogen-bond donors (Lipinski definition) is 2. The molecule has 2 aromatic rings. The standard InChI is InChI=1S/C21H28N2/c1-5-12-21(22,13-6-2)19-10-8-17-9-11-20(15-18(17)14-19)23-16(4)7-3/h7-11,14-15,23H,3-6,12-13,22H2,1-2H3. The molecular weight excluding hydrogens is 280 g/mol. The number of allylic oxidation sites excluding steroid dienone is 1. The van der Waals surface area contributed by atoms with Gasteiger partial charge >= 0.3 is 0 Å². The predicted molar refractivity (Wildman–Crippen MR) is 103 cm³/mol. The molecule has 0 fully saturated rings. The predicted octanol–water partition coefficient (Wildman–Crippen LogP) is 5.71. The fraction of sp³-hybridized carbons (Fsp3) is 0.333. The molecule has 0 aromatic heterocycles. The summed E-state index contributed by atoms with van der Waals surface area (Å²) in [4.78, 5) is 0. The lowest BCUT2D eigenvalue weighted by atomic mass is 9.82. The molecule has 0 bridgehead atoms. The Morgan fingerprint density at radius 3 is 2.35 bits per heavy atom. The first-order valence-electron chi connectivity index (χ1n) is 8.44. The van der Waals surface area contributed by atoms with Gasteiger partial charge in [0.25, 0.3) is 0 Å². The molecule has 2 rings (SSSR count). The van der Waals surface area contributed by atoms with Gasteiger partial charge < -0.3 is 11.1 Å². The zero-order valence-electron chi connectivity index (χ0n) is 14.4. The van der Waals surface area contributed by atoms with Crippen molar-refractivity contribution in [1.82, 2.24) is 0 Å². The normalized spacial score (nSPS) is 11.4. The van der Waals surface area contributed by atoms with Crippen LogP contribution < -0.4 is 11.1 Å². The molecule has 0 aliphatic rings. The summed E-state index contributed by atoms with van der Waals surface area (Å²) in [6.07, 6.45) is 5.92. The minimum Gasteiger partial charge on any atom is -0.356 e. The zero-order valence-corrected chi connectivity index (χ0v) is 14.4. The molecule has 0 amide bonds. The van der Waals surface area contributed by atoms with E-state index in [0.29, 0.717) is 0 Å². The van der Waals surface area contributed by atoms with Gasteiger partial charge in [0.1, 0.15) is 0 Å². The first-order chi connectivity index (χ1) is 11.0. The van der Waals surface area contributed by atoms with Crippen LogP contribution in [0.2, 0.25) is 0 Å². The van der Waals surface area contributed by atoms with Gasteiger partial charge in [0.05, 0.1) is 0 Å². The van der Waals surface area contributed by atoms with E-state index in [2.05, 4.69) is 68.7 Å². The third-order valence-corrected chi connectivity index (χ3v) is 4.36. The van der Waals surface area contributed by atoms with Crippen LogP contribution in [0.15, 0.2) is 61.3 Å². The average Bonchev–Trinajstić information content (AvgIpc) is 2.54. The van der Waals surface area contributed by atoms with Gasteiger partial charge in [0, 0.05) is 16.9 Å². The summed E-state index contributed by atoms with van der Waals surface area (Å²) in [7, 11) is 0. The Labute approximate surface area is 140 Å². The van der Waals surface area contributed by atoms with E-state index in [0.717, 1.165) is 37.1 Å². The van der Waals surface area contributed by atoms with Crippen LogP contribution in [0.25, 0.3) is 10.8 Å². The van der Waals surface area contributed by atoms with E-state index in [9.17, 15) is 0 Å². The molecular formula is C21H28N2. The topological polar surface area (TPSA) is 38.0 Å². The molecule has 0 saturated heterocycles. The summed E-state index contributed by atoms with van der Waals surface area (Å²) in [5.41, 5.74) is 9.55. The Bertz CT molecular complexity index is 694. The molecule has 23 heavy (non-hydrogen) atoms. The van der Waals surface area contributed by atoms with Gasteiger partial charge in [-0.3, -0.25) is 0 Å². The SMILES string of the molecule is C=CC(=C)Nc1ccc2ccc(C(N)(CCC)CCC)cc2c1. The number of nitrogens with one attached hydrogen (secondary N) is 1. The highest BCUT2D eigenvalue weighted by Crippen LogP contribution is 2.32. The minimum absolute atomic E-state index is 0.230. The highest BCUT2D eigenvalue weighted by atomic mass is 14.9. The number of anilines is 1. The van der Waals surface area contributed by atoms with Gasteiger partial charge in [-0.25, -0.2) is 0 Å². The second-order valence-electron chi connectivity index (χ2n) is 6.29. The average molecular weight is 308 g/mol. The van der Waals surface area contributed by atoms with E-state index in [-0.39, 0.29) is 5.54 Å². The Balaban J connectivity index is 2.42. The van der Waals surface area contributed by atoms with Gasteiger partial charge in [-0.2, -0.15) is 0 Å².